The van der Waals surface area contributed by atoms with Gasteiger partial charge in [-0.05, 0) is 12.8 Å². The monoisotopic (exact) mass is 295 g/mol. The highest BCUT2D eigenvalue weighted by atomic mass is 19.3. The quantitative estimate of drug-likeness (QED) is 0.790. The van der Waals surface area contributed by atoms with Gasteiger partial charge in [-0.1, -0.05) is 0 Å². The smallest absolute Gasteiger partial charge is 0.249 e. The molecule has 2 aliphatic carbocycles. The number of nitrogens with zero attached hydrogens (tertiary/aromatic N) is 2. The lowest BCUT2D eigenvalue weighted by Gasteiger charge is -2.42. The van der Waals surface area contributed by atoms with E-state index in [0.29, 0.717) is 32.8 Å². The van der Waals surface area contributed by atoms with Gasteiger partial charge in [-0.15, -0.1) is 0 Å². The molecule has 116 valence electrons. The first kappa shape index (κ1) is 14.5. The molecule has 3 rings (SSSR count). The molecule has 0 aromatic rings. The topological polar surface area (TPSA) is 18.5 Å². The van der Waals surface area contributed by atoms with Gasteiger partial charge in [-0.25, -0.2) is 17.6 Å². The molecule has 0 aromatic heterocycles. The van der Waals surface area contributed by atoms with Crippen LogP contribution in [0.2, 0.25) is 0 Å². The summed E-state index contributed by atoms with van der Waals surface area (Å²) in [6.07, 6.45) is 0.644. The van der Waals surface area contributed by atoms with E-state index >= 15 is 0 Å². The van der Waals surface area contributed by atoms with Gasteiger partial charge in [-0.2, -0.15) is 0 Å². The van der Waals surface area contributed by atoms with E-state index in [4.69, 9.17) is 0 Å². The molecular weight excluding hydrogens is 274 g/mol. The van der Waals surface area contributed by atoms with Crippen molar-refractivity contribution in [3.63, 3.8) is 0 Å². The normalized spacial score (nSPS) is 38.4. The summed E-state index contributed by atoms with van der Waals surface area (Å²) in [4.78, 5) is 3.95. The lowest BCUT2D eigenvalue weighted by Crippen LogP contribution is -2.58. The van der Waals surface area contributed by atoms with Crippen molar-refractivity contribution in [2.24, 2.45) is 0 Å². The van der Waals surface area contributed by atoms with Crippen LogP contribution >= 0.6 is 0 Å². The summed E-state index contributed by atoms with van der Waals surface area (Å²) in [6, 6.07) is -0.274. The van der Waals surface area contributed by atoms with E-state index in [1.165, 1.54) is 0 Å². The highest BCUT2D eigenvalue weighted by Gasteiger charge is 2.45. The van der Waals surface area contributed by atoms with Crippen LogP contribution in [0.4, 0.5) is 17.6 Å². The summed E-state index contributed by atoms with van der Waals surface area (Å²) in [5.74, 6) is -5.12. The van der Waals surface area contributed by atoms with Gasteiger partial charge in [0.2, 0.25) is 11.8 Å². The SMILES string of the molecule is FC1(F)CCC(N2CNCN([C@@H]3CCC(F)(F)C3)C2)C1. The molecule has 20 heavy (non-hydrogen) atoms. The molecule has 3 nitrogen and oxygen atoms in total. The number of rotatable bonds is 2. The fourth-order valence-corrected chi connectivity index (χ4v) is 3.64. The van der Waals surface area contributed by atoms with Crippen molar-refractivity contribution in [3.8, 4) is 0 Å². The Hall–Kier alpha value is -0.400. The van der Waals surface area contributed by atoms with Gasteiger partial charge >= 0.3 is 0 Å². The van der Waals surface area contributed by atoms with Gasteiger partial charge in [0.25, 0.3) is 0 Å². The summed E-state index contributed by atoms with van der Waals surface area (Å²) in [6.45, 7) is 1.66. The third-order valence-electron chi connectivity index (χ3n) is 4.78. The minimum absolute atomic E-state index is 0.0599. The summed E-state index contributed by atoms with van der Waals surface area (Å²) in [5.41, 5.74) is 0. The predicted octanol–water partition coefficient (Wildman–Crippen LogP) is 2.44. The van der Waals surface area contributed by atoms with Gasteiger partial charge in [0.1, 0.15) is 0 Å². The molecule has 7 heteroatoms. The molecule has 2 saturated carbocycles. The van der Waals surface area contributed by atoms with E-state index in [1.807, 2.05) is 9.80 Å². The molecule has 1 heterocycles. The molecule has 1 saturated heterocycles. The van der Waals surface area contributed by atoms with Crippen LogP contribution in [0.5, 0.6) is 0 Å². The van der Waals surface area contributed by atoms with Crippen molar-refractivity contribution >= 4 is 0 Å². The van der Waals surface area contributed by atoms with Crippen molar-refractivity contribution in [1.82, 2.24) is 15.1 Å². The highest BCUT2D eigenvalue weighted by Crippen LogP contribution is 2.39. The molecule has 1 aliphatic heterocycles. The van der Waals surface area contributed by atoms with Crippen molar-refractivity contribution in [2.45, 2.75) is 62.5 Å². The maximum atomic E-state index is 13.3. The minimum atomic E-state index is -2.56. The Kier molecular flexibility index (Phi) is 3.71. The zero-order valence-electron chi connectivity index (χ0n) is 11.4. The molecule has 0 amide bonds. The molecule has 0 radical (unpaired) electrons. The summed E-state index contributed by atoms with van der Waals surface area (Å²) in [5, 5.41) is 3.16. The molecule has 1 unspecified atom stereocenters. The van der Waals surface area contributed by atoms with Crippen LogP contribution in [-0.4, -0.2) is 53.7 Å². The third-order valence-corrected chi connectivity index (χ3v) is 4.78. The summed E-state index contributed by atoms with van der Waals surface area (Å²) < 4.78 is 53.2. The van der Waals surface area contributed by atoms with Crippen LogP contribution < -0.4 is 5.32 Å². The predicted molar refractivity (Wildman–Crippen MR) is 66.6 cm³/mol. The third kappa shape index (κ3) is 3.09. The van der Waals surface area contributed by atoms with Gasteiger partial charge in [0.05, 0.1) is 20.0 Å². The lowest BCUT2D eigenvalue weighted by molar-refractivity contribution is -0.0310. The van der Waals surface area contributed by atoms with Crippen LogP contribution in [0.15, 0.2) is 0 Å². The molecule has 3 fully saturated rings. The Morgan fingerprint density at radius 1 is 0.800 bits per heavy atom. The Bertz CT molecular complexity index is 332. The van der Waals surface area contributed by atoms with Gasteiger partial charge in [0, 0.05) is 37.8 Å². The number of hydrogen-bond donors (Lipinski definition) is 1. The van der Waals surface area contributed by atoms with Gasteiger partial charge < -0.3 is 0 Å². The van der Waals surface area contributed by atoms with Crippen molar-refractivity contribution < 1.29 is 17.6 Å². The number of alkyl halides is 4. The summed E-state index contributed by atoms with van der Waals surface area (Å²) >= 11 is 0. The number of nitrogens with one attached hydrogen (secondary N) is 1. The minimum Gasteiger partial charge on any atom is -0.291 e. The second kappa shape index (κ2) is 5.10. The molecule has 0 spiro atoms. The van der Waals surface area contributed by atoms with E-state index in [0.717, 1.165) is 0 Å². The molecule has 2 atom stereocenters. The maximum absolute atomic E-state index is 13.3. The van der Waals surface area contributed by atoms with Crippen molar-refractivity contribution in [2.75, 3.05) is 20.0 Å². The van der Waals surface area contributed by atoms with Crippen LogP contribution in [0, 0.1) is 0 Å². The van der Waals surface area contributed by atoms with Crippen molar-refractivity contribution in [3.05, 3.63) is 0 Å². The molecule has 3 aliphatic rings. The first-order chi connectivity index (χ1) is 9.35. The molecule has 1 N–H and O–H groups in total. The van der Waals surface area contributed by atoms with Gasteiger partial charge in [0.15, 0.2) is 0 Å². The fraction of sp³-hybridized carbons (Fsp3) is 1.00. The Labute approximate surface area is 116 Å². The molecule has 0 bridgehead atoms. The molecular formula is C13H21F4N3. The second-order valence-corrected chi connectivity index (χ2v) is 6.39. The van der Waals surface area contributed by atoms with Crippen LogP contribution in [-0.2, 0) is 0 Å². The standard InChI is InChI=1S/C13H21F4N3/c14-12(15)3-1-10(5-12)19-7-18-8-20(9-19)11-2-4-13(16,17)6-11/h10-11,18H,1-9H2/t10-,11?/m1/s1. The summed E-state index contributed by atoms with van der Waals surface area (Å²) in [7, 11) is 0. The molecule has 0 aromatic carbocycles. The largest absolute Gasteiger partial charge is 0.291 e. The second-order valence-electron chi connectivity index (χ2n) is 6.39. The first-order valence-corrected chi connectivity index (χ1v) is 7.29. The Morgan fingerprint density at radius 2 is 1.25 bits per heavy atom. The first-order valence-electron chi connectivity index (χ1n) is 7.29. The average Bonchev–Trinajstić information content (AvgIpc) is 2.92. The lowest BCUT2D eigenvalue weighted by atomic mass is 10.2. The van der Waals surface area contributed by atoms with Crippen LogP contribution in [0.25, 0.3) is 0 Å². The van der Waals surface area contributed by atoms with Crippen molar-refractivity contribution in [1.29, 1.82) is 0 Å². The van der Waals surface area contributed by atoms with Gasteiger partial charge in [-0.3, -0.25) is 15.1 Å². The van der Waals surface area contributed by atoms with Crippen LogP contribution in [0.1, 0.15) is 38.5 Å². The van der Waals surface area contributed by atoms with E-state index < -0.39 is 11.8 Å². The zero-order valence-corrected chi connectivity index (χ0v) is 11.4. The zero-order chi connectivity index (χ0) is 14.4. The van der Waals surface area contributed by atoms with E-state index in [-0.39, 0.29) is 37.8 Å². The van der Waals surface area contributed by atoms with Crippen LogP contribution in [0.3, 0.4) is 0 Å². The fourth-order valence-electron chi connectivity index (χ4n) is 3.64. The number of halogens is 4. The van der Waals surface area contributed by atoms with E-state index in [2.05, 4.69) is 5.32 Å². The average molecular weight is 295 g/mol. The highest BCUT2D eigenvalue weighted by molar-refractivity contribution is 4.91. The Morgan fingerprint density at radius 3 is 1.60 bits per heavy atom. The number of hydrogen-bond acceptors (Lipinski definition) is 3. The van der Waals surface area contributed by atoms with E-state index in [9.17, 15) is 17.6 Å². The maximum Gasteiger partial charge on any atom is 0.249 e. The van der Waals surface area contributed by atoms with E-state index in [1.54, 1.807) is 0 Å². The Balaban J connectivity index is 1.57.